The van der Waals surface area contributed by atoms with E-state index in [2.05, 4.69) is 0 Å². The van der Waals surface area contributed by atoms with Crippen molar-refractivity contribution in [2.75, 3.05) is 7.11 Å². The molecule has 1 N–H and O–H groups in total. The molecular weight excluding hydrogens is 236 g/mol. The third-order valence-corrected chi connectivity index (χ3v) is 3.21. The molecule has 2 aromatic carbocycles. The van der Waals surface area contributed by atoms with Crippen molar-refractivity contribution in [3.63, 3.8) is 0 Å². The molecule has 0 saturated carbocycles. The van der Waals surface area contributed by atoms with E-state index in [9.17, 15) is 8.76 Å². The van der Waals surface area contributed by atoms with Gasteiger partial charge in [-0.05, 0) is 23.8 Å². The molecule has 2 rings (SSSR count). The highest BCUT2D eigenvalue weighted by Crippen LogP contribution is 2.27. The maximum Gasteiger partial charge on any atom is 0.187 e. The van der Waals surface area contributed by atoms with Crippen LogP contribution in [0, 0.1) is 0 Å². The summed E-state index contributed by atoms with van der Waals surface area (Å²) in [6.45, 7) is 0. The highest BCUT2D eigenvalue weighted by molar-refractivity contribution is 7.79. The minimum atomic E-state index is -1.98. The fourth-order valence-corrected chi connectivity index (χ4v) is 2.20. The monoisotopic (exact) mass is 248 g/mol. The second-order valence-electron chi connectivity index (χ2n) is 3.47. The van der Waals surface area contributed by atoms with E-state index in [4.69, 9.17) is 4.74 Å². The first kappa shape index (κ1) is 11.8. The van der Waals surface area contributed by atoms with Crippen molar-refractivity contribution in [3.8, 4) is 16.9 Å². The first-order valence-corrected chi connectivity index (χ1v) is 6.17. The van der Waals surface area contributed by atoms with Gasteiger partial charge >= 0.3 is 0 Å². The molecular formula is C13H12O3S. The van der Waals surface area contributed by atoms with Gasteiger partial charge in [-0.25, -0.2) is 4.21 Å². The zero-order chi connectivity index (χ0) is 12.3. The molecule has 3 nitrogen and oxygen atoms in total. The summed E-state index contributed by atoms with van der Waals surface area (Å²) in [6.07, 6.45) is 0. The Morgan fingerprint density at radius 2 is 1.71 bits per heavy atom. The SMILES string of the molecule is COc1ccc(-c2ccccc2S(=O)O)cc1. The van der Waals surface area contributed by atoms with E-state index in [1.807, 2.05) is 36.4 Å². The molecule has 2 aromatic rings. The second-order valence-corrected chi connectivity index (χ2v) is 4.41. The fraction of sp³-hybridized carbons (Fsp3) is 0.0769. The summed E-state index contributed by atoms with van der Waals surface area (Å²) in [6, 6.07) is 14.4. The molecule has 0 fully saturated rings. The van der Waals surface area contributed by atoms with Gasteiger partial charge < -0.3 is 9.29 Å². The van der Waals surface area contributed by atoms with Gasteiger partial charge in [0.15, 0.2) is 11.1 Å². The van der Waals surface area contributed by atoms with Gasteiger partial charge in [-0.15, -0.1) is 0 Å². The van der Waals surface area contributed by atoms with Gasteiger partial charge in [0.1, 0.15) is 5.75 Å². The van der Waals surface area contributed by atoms with Crippen molar-refractivity contribution in [1.82, 2.24) is 0 Å². The maximum atomic E-state index is 11.2. The van der Waals surface area contributed by atoms with Crippen LogP contribution in [-0.4, -0.2) is 15.9 Å². The summed E-state index contributed by atoms with van der Waals surface area (Å²) in [7, 11) is 1.60. The summed E-state index contributed by atoms with van der Waals surface area (Å²) in [5.74, 6) is 0.761. The molecule has 88 valence electrons. The zero-order valence-electron chi connectivity index (χ0n) is 9.29. The number of rotatable bonds is 3. The molecule has 0 aliphatic rings. The van der Waals surface area contributed by atoms with Gasteiger partial charge in [0.2, 0.25) is 0 Å². The lowest BCUT2D eigenvalue weighted by atomic mass is 10.1. The van der Waals surface area contributed by atoms with Crippen molar-refractivity contribution in [3.05, 3.63) is 48.5 Å². The summed E-state index contributed by atoms with van der Waals surface area (Å²) in [5, 5.41) is 0. The van der Waals surface area contributed by atoms with Crippen LogP contribution in [0.15, 0.2) is 53.4 Å². The summed E-state index contributed by atoms with van der Waals surface area (Å²) < 4.78 is 25.5. The third-order valence-electron chi connectivity index (χ3n) is 2.48. The second kappa shape index (κ2) is 5.12. The quantitative estimate of drug-likeness (QED) is 0.849. The predicted octanol–water partition coefficient (Wildman–Crippen LogP) is 2.94. The van der Waals surface area contributed by atoms with E-state index in [-0.39, 0.29) is 0 Å². The minimum absolute atomic E-state index is 0.415. The lowest BCUT2D eigenvalue weighted by molar-refractivity contribution is 0.415. The van der Waals surface area contributed by atoms with Crippen LogP contribution in [0.2, 0.25) is 0 Å². The van der Waals surface area contributed by atoms with E-state index < -0.39 is 11.1 Å². The number of methoxy groups -OCH3 is 1. The summed E-state index contributed by atoms with van der Waals surface area (Å²) >= 11 is -1.98. The average molecular weight is 248 g/mol. The molecule has 1 unspecified atom stereocenters. The molecule has 0 heterocycles. The van der Waals surface area contributed by atoms with Crippen molar-refractivity contribution < 1.29 is 13.5 Å². The van der Waals surface area contributed by atoms with Crippen LogP contribution in [-0.2, 0) is 11.1 Å². The van der Waals surface area contributed by atoms with Crippen molar-refractivity contribution in [1.29, 1.82) is 0 Å². The van der Waals surface area contributed by atoms with Crippen LogP contribution < -0.4 is 4.74 Å². The Hall–Kier alpha value is -1.65. The molecule has 4 heteroatoms. The normalized spacial score (nSPS) is 12.1. The third kappa shape index (κ3) is 2.54. The van der Waals surface area contributed by atoms with Gasteiger partial charge in [0.25, 0.3) is 0 Å². The summed E-state index contributed by atoms with van der Waals surface area (Å²) in [4.78, 5) is 0.415. The first-order valence-electron chi connectivity index (χ1n) is 5.06. The maximum absolute atomic E-state index is 11.2. The molecule has 0 aliphatic heterocycles. The van der Waals surface area contributed by atoms with Crippen LogP contribution in [0.4, 0.5) is 0 Å². The molecule has 0 bridgehead atoms. The molecule has 0 aliphatic carbocycles. The Morgan fingerprint density at radius 3 is 2.29 bits per heavy atom. The van der Waals surface area contributed by atoms with Gasteiger partial charge in [-0.3, -0.25) is 0 Å². The van der Waals surface area contributed by atoms with E-state index in [0.717, 1.165) is 16.9 Å². The van der Waals surface area contributed by atoms with Crippen LogP contribution in [0.1, 0.15) is 0 Å². The van der Waals surface area contributed by atoms with Crippen molar-refractivity contribution >= 4 is 11.1 Å². The molecule has 0 radical (unpaired) electrons. The predicted molar refractivity (Wildman–Crippen MR) is 67.5 cm³/mol. The Morgan fingerprint density at radius 1 is 1.06 bits per heavy atom. The van der Waals surface area contributed by atoms with Gasteiger partial charge in [0.05, 0.1) is 12.0 Å². The molecule has 1 atom stereocenters. The van der Waals surface area contributed by atoms with Crippen LogP contribution in [0.5, 0.6) is 5.75 Å². The number of ether oxygens (including phenoxy) is 1. The fourth-order valence-electron chi connectivity index (χ4n) is 1.63. The molecule has 0 aromatic heterocycles. The Kier molecular flexibility index (Phi) is 3.56. The van der Waals surface area contributed by atoms with Gasteiger partial charge in [0, 0.05) is 5.56 Å². The largest absolute Gasteiger partial charge is 0.497 e. The van der Waals surface area contributed by atoms with Gasteiger partial charge in [-0.2, -0.15) is 0 Å². The van der Waals surface area contributed by atoms with Crippen LogP contribution in [0.3, 0.4) is 0 Å². The molecule has 0 spiro atoms. The molecule has 0 amide bonds. The molecule has 17 heavy (non-hydrogen) atoms. The Labute approximate surface area is 102 Å². The standard InChI is InChI=1S/C13H12O3S/c1-16-11-8-6-10(7-9-11)12-4-2-3-5-13(12)17(14)15/h2-9H,1H3,(H,14,15). The Balaban J connectivity index is 2.48. The van der Waals surface area contributed by atoms with Crippen LogP contribution >= 0.6 is 0 Å². The number of benzene rings is 2. The van der Waals surface area contributed by atoms with Crippen molar-refractivity contribution in [2.24, 2.45) is 0 Å². The summed E-state index contributed by atoms with van der Waals surface area (Å²) in [5.41, 5.74) is 1.65. The first-order chi connectivity index (χ1) is 8.22. The highest BCUT2D eigenvalue weighted by Gasteiger charge is 2.08. The van der Waals surface area contributed by atoms with E-state index in [1.165, 1.54) is 0 Å². The number of hydrogen-bond donors (Lipinski definition) is 1. The lowest BCUT2D eigenvalue weighted by Gasteiger charge is -2.07. The average Bonchev–Trinajstić information content (AvgIpc) is 2.39. The highest BCUT2D eigenvalue weighted by atomic mass is 32.2. The van der Waals surface area contributed by atoms with Gasteiger partial charge in [-0.1, -0.05) is 30.3 Å². The number of hydrogen-bond acceptors (Lipinski definition) is 2. The topological polar surface area (TPSA) is 46.5 Å². The van der Waals surface area contributed by atoms with Crippen molar-refractivity contribution in [2.45, 2.75) is 4.90 Å². The lowest BCUT2D eigenvalue weighted by Crippen LogP contribution is -1.92. The van der Waals surface area contributed by atoms with E-state index in [1.54, 1.807) is 19.2 Å². The Bertz CT molecular complexity index is 535. The molecule has 0 saturated heterocycles. The minimum Gasteiger partial charge on any atom is -0.497 e. The van der Waals surface area contributed by atoms with E-state index in [0.29, 0.717) is 4.90 Å². The van der Waals surface area contributed by atoms with E-state index >= 15 is 0 Å². The zero-order valence-corrected chi connectivity index (χ0v) is 10.1. The smallest absolute Gasteiger partial charge is 0.187 e. The van der Waals surface area contributed by atoms with Crippen LogP contribution in [0.25, 0.3) is 11.1 Å².